The van der Waals surface area contributed by atoms with Gasteiger partial charge in [-0.3, -0.25) is 5.41 Å². The molecule has 8 heteroatoms. The Balaban J connectivity index is 1.55. The first kappa shape index (κ1) is 19.2. The van der Waals surface area contributed by atoms with Gasteiger partial charge >= 0.3 is 6.01 Å². The van der Waals surface area contributed by atoms with Crippen LogP contribution >= 0.6 is 0 Å². The molecule has 7 nitrogen and oxygen atoms in total. The molecule has 1 aromatic heterocycles. The number of hydrogen-bond acceptors (Lipinski definition) is 7. The molecular formula is C20H19FN4O3. The van der Waals surface area contributed by atoms with Crippen molar-refractivity contribution in [2.75, 3.05) is 12.0 Å². The average molecular weight is 382 g/mol. The number of nitrogens with one attached hydrogen (secondary N) is 2. The summed E-state index contributed by atoms with van der Waals surface area (Å²) in [6.45, 7) is 0.589. The lowest BCUT2D eigenvalue weighted by molar-refractivity contribution is 0.138. The molecule has 144 valence electrons. The molecule has 0 fully saturated rings. The summed E-state index contributed by atoms with van der Waals surface area (Å²) in [5.74, 6) is -0.127. The molecular weight excluding hydrogens is 363 g/mol. The molecule has 0 unspecified atom stereocenters. The van der Waals surface area contributed by atoms with Crippen molar-refractivity contribution in [3.63, 3.8) is 0 Å². The molecule has 0 bridgehead atoms. The van der Waals surface area contributed by atoms with Gasteiger partial charge in [0, 0.05) is 5.56 Å². The second-order valence-electron chi connectivity index (χ2n) is 5.64. The topological polar surface area (TPSA) is 89.4 Å². The van der Waals surface area contributed by atoms with E-state index in [1.165, 1.54) is 0 Å². The molecule has 0 aliphatic carbocycles. The lowest BCUT2D eigenvalue weighted by Gasteiger charge is -2.11. The van der Waals surface area contributed by atoms with E-state index in [4.69, 9.17) is 19.6 Å². The van der Waals surface area contributed by atoms with Crippen molar-refractivity contribution >= 4 is 12.2 Å². The molecule has 1 heterocycles. The third kappa shape index (κ3) is 5.49. The van der Waals surface area contributed by atoms with Gasteiger partial charge < -0.3 is 19.5 Å². The van der Waals surface area contributed by atoms with Gasteiger partial charge in [0.2, 0.25) is 0 Å². The predicted molar refractivity (Wildman–Crippen MR) is 102 cm³/mol. The van der Waals surface area contributed by atoms with E-state index in [-0.39, 0.29) is 25.2 Å². The Morgan fingerprint density at radius 2 is 1.82 bits per heavy atom. The number of nitrogens with zero attached hydrogens (tertiary/aromatic N) is 2. The molecule has 2 N–H and O–H groups in total. The first-order valence-electron chi connectivity index (χ1n) is 8.50. The molecule has 0 spiro atoms. The lowest BCUT2D eigenvalue weighted by atomic mass is 10.2. The number of ether oxygens (including phenoxy) is 3. The van der Waals surface area contributed by atoms with E-state index >= 15 is 0 Å². The van der Waals surface area contributed by atoms with Crippen molar-refractivity contribution in [2.45, 2.75) is 13.2 Å². The Bertz CT molecular complexity index is 909. The minimum atomic E-state index is -0.608. The number of halogens is 1. The maximum Gasteiger partial charge on any atom is 0.318 e. The van der Waals surface area contributed by atoms with Gasteiger partial charge in [0.05, 0.1) is 12.8 Å². The first-order chi connectivity index (χ1) is 13.8. The fraction of sp³-hybridized carbons (Fsp3) is 0.150. The van der Waals surface area contributed by atoms with Crippen molar-refractivity contribution in [3.05, 3.63) is 77.7 Å². The third-order valence-corrected chi connectivity index (χ3v) is 3.69. The van der Waals surface area contributed by atoms with E-state index < -0.39 is 5.82 Å². The fourth-order valence-electron chi connectivity index (χ4n) is 2.35. The zero-order valence-corrected chi connectivity index (χ0v) is 15.0. The molecule has 0 radical (unpaired) electrons. The summed E-state index contributed by atoms with van der Waals surface area (Å²) >= 11 is 0. The highest BCUT2D eigenvalue weighted by molar-refractivity contribution is 5.50. The molecule has 28 heavy (non-hydrogen) atoms. The number of anilines is 1. The molecule has 3 rings (SSSR count). The van der Waals surface area contributed by atoms with Crippen LogP contribution in [-0.4, -0.2) is 23.1 Å². The van der Waals surface area contributed by atoms with Gasteiger partial charge in [0.25, 0.3) is 0 Å². The molecule has 0 saturated carbocycles. The Kier molecular flexibility index (Phi) is 6.86. The number of hydrogen-bond donors (Lipinski definition) is 2. The monoisotopic (exact) mass is 382 g/mol. The van der Waals surface area contributed by atoms with Crippen LogP contribution in [0.4, 0.5) is 10.2 Å². The van der Waals surface area contributed by atoms with Crippen LogP contribution in [0.5, 0.6) is 11.8 Å². The second-order valence-corrected chi connectivity index (χ2v) is 5.64. The van der Waals surface area contributed by atoms with Crippen LogP contribution in [0.2, 0.25) is 0 Å². The Hall–Kier alpha value is -3.52. The SMILES string of the molecule is N=COc1ccccc1COc1ncc(F)c(NCOCc2ccccc2)n1. The number of aromatic nitrogens is 2. The van der Waals surface area contributed by atoms with Crippen molar-refractivity contribution in [2.24, 2.45) is 0 Å². The van der Waals surface area contributed by atoms with Gasteiger partial charge in [0.1, 0.15) is 19.1 Å². The molecule has 0 atom stereocenters. The summed E-state index contributed by atoms with van der Waals surface area (Å²) in [7, 11) is 0. The van der Waals surface area contributed by atoms with Crippen LogP contribution < -0.4 is 14.8 Å². The molecule has 3 aromatic rings. The normalized spacial score (nSPS) is 10.3. The Morgan fingerprint density at radius 1 is 1.04 bits per heavy atom. The van der Waals surface area contributed by atoms with E-state index in [1.807, 2.05) is 36.4 Å². The number of para-hydroxylation sites is 1. The van der Waals surface area contributed by atoms with E-state index in [1.54, 1.807) is 18.2 Å². The smallest absolute Gasteiger partial charge is 0.318 e. The second kappa shape index (κ2) is 9.98. The van der Waals surface area contributed by atoms with E-state index in [2.05, 4.69) is 15.3 Å². The van der Waals surface area contributed by atoms with Crippen LogP contribution in [0.15, 0.2) is 60.8 Å². The molecule has 2 aromatic carbocycles. The zero-order valence-electron chi connectivity index (χ0n) is 15.0. The summed E-state index contributed by atoms with van der Waals surface area (Å²) in [5.41, 5.74) is 1.72. The van der Waals surface area contributed by atoms with Gasteiger partial charge in [-0.2, -0.15) is 4.98 Å². The van der Waals surface area contributed by atoms with Crippen LogP contribution in [0.3, 0.4) is 0 Å². The standard InChI is InChI=1S/C20H19FN4O3/c21-17-10-23-20(27-12-16-8-4-5-9-18(16)28-13-22)25-19(17)24-14-26-11-15-6-2-1-3-7-15/h1-10,13,22H,11-12,14H2,(H,23,24,25). The molecule has 0 amide bonds. The van der Waals surface area contributed by atoms with Gasteiger partial charge in [-0.25, -0.2) is 9.37 Å². The summed E-state index contributed by atoms with van der Waals surface area (Å²) in [5, 5.41) is 9.82. The fourth-order valence-corrected chi connectivity index (χ4v) is 2.35. The quantitative estimate of drug-likeness (QED) is 0.240. The number of benzene rings is 2. The Labute approximate surface area is 161 Å². The Morgan fingerprint density at radius 3 is 2.64 bits per heavy atom. The summed E-state index contributed by atoms with van der Waals surface area (Å²) < 4.78 is 30.0. The van der Waals surface area contributed by atoms with Crippen LogP contribution in [-0.2, 0) is 18.0 Å². The molecule has 0 saturated heterocycles. The van der Waals surface area contributed by atoms with Crippen LogP contribution in [0.1, 0.15) is 11.1 Å². The van der Waals surface area contributed by atoms with Gasteiger partial charge in [-0.15, -0.1) is 0 Å². The summed E-state index contributed by atoms with van der Waals surface area (Å²) in [4.78, 5) is 7.85. The highest BCUT2D eigenvalue weighted by Gasteiger charge is 2.09. The highest BCUT2D eigenvalue weighted by atomic mass is 19.1. The third-order valence-electron chi connectivity index (χ3n) is 3.69. The summed E-state index contributed by atoms with van der Waals surface area (Å²) in [6, 6.07) is 16.8. The van der Waals surface area contributed by atoms with Gasteiger partial charge in [0.15, 0.2) is 18.0 Å². The van der Waals surface area contributed by atoms with Crippen molar-refractivity contribution in [1.29, 1.82) is 5.41 Å². The summed E-state index contributed by atoms with van der Waals surface area (Å²) in [6.07, 6.45) is 1.87. The molecule has 0 aliphatic rings. The molecule has 0 aliphatic heterocycles. The van der Waals surface area contributed by atoms with Crippen LogP contribution in [0, 0.1) is 11.2 Å². The van der Waals surface area contributed by atoms with Crippen molar-refractivity contribution < 1.29 is 18.6 Å². The number of rotatable bonds is 10. The van der Waals surface area contributed by atoms with Crippen molar-refractivity contribution in [1.82, 2.24) is 9.97 Å². The van der Waals surface area contributed by atoms with E-state index in [9.17, 15) is 4.39 Å². The average Bonchev–Trinajstić information content (AvgIpc) is 2.73. The minimum Gasteiger partial charge on any atom is -0.458 e. The maximum absolute atomic E-state index is 13.9. The van der Waals surface area contributed by atoms with Gasteiger partial charge in [-0.1, -0.05) is 48.5 Å². The first-order valence-corrected chi connectivity index (χ1v) is 8.50. The zero-order chi connectivity index (χ0) is 19.6. The van der Waals surface area contributed by atoms with Gasteiger partial charge in [-0.05, 0) is 11.6 Å². The predicted octanol–water partition coefficient (Wildman–Crippen LogP) is 3.77. The lowest BCUT2D eigenvalue weighted by Crippen LogP contribution is -2.10. The van der Waals surface area contributed by atoms with Crippen LogP contribution in [0.25, 0.3) is 0 Å². The maximum atomic E-state index is 13.9. The minimum absolute atomic E-state index is 0.0108. The van der Waals surface area contributed by atoms with E-state index in [0.29, 0.717) is 17.9 Å². The van der Waals surface area contributed by atoms with E-state index in [0.717, 1.165) is 18.2 Å². The largest absolute Gasteiger partial charge is 0.458 e. The highest BCUT2D eigenvalue weighted by Crippen LogP contribution is 2.20. The van der Waals surface area contributed by atoms with Crippen molar-refractivity contribution in [3.8, 4) is 11.8 Å².